The first-order valence-electron chi connectivity index (χ1n) is 9.02. The number of quaternary nitrogens is 2. The van der Waals surface area contributed by atoms with E-state index in [9.17, 15) is 12.8 Å². The molecule has 0 amide bonds. The third-order valence-electron chi connectivity index (χ3n) is 5.44. The van der Waals surface area contributed by atoms with Gasteiger partial charge in [-0.05, 0) is 24.6 Å². The summed E-state index contributed by atoms with van der Waals surface area (Å²) in [6.45, 7) is 7.66. The van der Waals surface area contributed by atoms with E-state index in [1.165, 1.54) is 6.07 Å². The highest BCUT2D eigenvalue weighted by Gasteiger charge is 2.36. The first-order valence-corrected chi connectivity index (χ1v) is 10.6. The van der Waals surface area contributed by atoms with Crippen molar-refractivity contribution in [2.24, 2.45) is 0 Å². The van der Waals surface area contributed by atoms with Crippen LogP contribution in [-0.2, 0) is 10.1 Å². The Kier molecular flexibility index (Phi) is 11.7. The molecular weight excluding hydrogens is 613 g/mol. The Morgan fingerprint density at radius 3 is 2.11 bits per heavy atom. The van der Waals surface area contributed by atoms with E-state index in [0.29, 0.717) is 18.8 Å². The third kappa shape index (κ3) is 9.37. The van der Waals surface area contributed by atoms with Crippen molar-refractivity contribution < 1.29 is 79.0 Å². The summed E-state index contributed by atoms with van der Waals surface area (Å²) in [6, 6.07) is 4.98. The highest BCUT2D eigenvalue weighted by atomic mass is 127. The van der Waals surface area contributed by atoms with Crippen molar-refractivity contribution in [3.63, 3.8) is 0 Å². The van der Waals surface area contributed by atoms with Crippen LogP contribution < -0.4 is 52.7 Å². The molecule has 1 heterocycles. The van der Waals surface area contributed by atoms with E-state index in [0.717, 1.165) is 53.8 Å². The maximum atomic E-state index is 13.8. The maximum absolute atomic E-state index is 13.8. The van der Waals surface area contributed by atoms with Crippen molar-refractivity contribution in [2.75, 3.05) is 65.7 Å². The van der Waals surface area contributed by atoms with Gasteiger partial charge in [-0.25, -0.2) is 4.39 Å². The Hall–Kier alpha value is 0.240. The van der Waals surface area contributed by atoms with Crippen LogP contribution in [0.2, 0.25) is 0 Å². The van der Waals surface area contributed by atoms with Crippen molar-refractivity contribution in [3.8, 4) is 5.75 Å². The van der Waals surface area contributed by atoms with Crippen LogP contribution in [0.3, 0.4) is 0 Å². The number of piperazine rings is 1. The predicted octanol–water partition coefficient (Wildman–Crippen LogP) is -4.29. The van der Waals surface area contributed by atoms with Crippen molar-refractivity contribution in [3.05, 3.63) is 29.6 Å². The fourth-order valence-corrected chi connectivity index (χ4v) is 3.86. The Balaban J connectivity index is 0.00000364. The summed E-state index contributed by atoms with van der Waals surface area (Å²) >= 11 is 0. The summed E-state index contributed by atoms with van der Waals surface area (Å²) in [4.78, 5) is 0. The highest BCUT2D eigenvalue weighted by Crippen LogP contribution is 2.20. The van der Waals surface area contributed by atoms with Crippen molar-refractivity contribution in [2.45, 2.75) is 13.3 Å². The maximum Gasteiger partial charge on any atom is 0.265 e. The minimum atomic E-state index is -3.88. The summed E-state index contributed by atoms with van der Waals surface area (Å²) in [6.07, 6.45) is 0.467. The van der Waals surface area contributed by atoms with Gasteiger partial charge in [-0.3, -0.25) is 4.55 Å². The monoisotopic (exact) mass is 644 g/mol. The molecule has 1 aliphatic rings. The summed E-state index contributed by atoms with van der Waals surface area (Å²) < 4.78 is 51.7. The summed E-state index contributed by atoms with van der Waals surface area (Å²) in [5.41, 5.74) is 0.871. The molecule has 0 radical (unpaired) electrons. The topological polar surface area (TPSA) is 63.6 Å². The zero-order valence-electron chi connectivity index (χ0n) is 16.7. The van der Waals surface area contributed by atoms with E-state index in [2.05, 4.69) is 14.1 Å². The normalized spacial score (nSPS) is 24.8. The number of halogens is 3. The molecule has 0 aliphatic carbocycles. The van der Waals surface area contributed by atoms with Crippen molar-refractivity contribution >= 4 is 10.1 Å². The number of benzene rings is 1. The van der Waals surface area contributed by atoms with Gasteiger partial charge in [0.1, 0.15) is 39.3 Å². The second-order valence-corrected chi connectivity index (χ2v) is 9.57. The zero-order valence-corrected chi connectivity index (χ0v) is 21.8. The second kappa shape index (κ2) is 11.6. The number of ether oxygens (including phenoxy) is 1. The lowest BCUT2D eigenvalue weighted by atomic mass is 10.2. The molecular formula is C18H31FI2N2O4S. The summed E-state index contributed by atoms with van der Waals surface area (Å²) in [5, 5.41) is 0. The van der Waals surface area contributed by atoms with Crippen LogP contribution in [0.4, 0.5) is 4.39 Å². The van der Waals surface area contributed by atoms with Gasteiger partial charge in [-0.15, -0.1) is 0 Å². The molecule has 1 fully saturated rings. The Morgan fingerprint density at radius 1 is 1.07 bits per heavy atom. The van der Waals surface area contributed by atoms with Crippen LogP contribution in [0.25, 0.3) is 0 Å². The number of likely N-dealkylation sites (N-methyl/N-ethyl adjacent to an activating group) is 2. The number of rotatable bonds is 8. The van der Waals surface area contributed by atoms with Crippen molar-refractivity contribution in [1.82, 2.24) is 0 Å². The third-order valence-corrected chi connectivity index (χ3v) is 6.24. The number of hydrogen-bond acceptors (Lipinski definition) is 3. The smallest absolute Gasteiger partial charge is 0.265 e. The molecule has 0 aromatic heterocycles. The Labute approximate surface area is 202 Å². The lowest BCUT2D eigenvalue weighted by Gasteiger charge is -2.46. The molecule has 1 saturated heterocycles. The molecule has 1 N–H and O–H groups in total. The summed E-state index contributed by atoms with van der Waals surface area (Å²) in [7, 11) is 0.427. The van der Waals surface area contributed by atoms with Gasteiger partial charge in [0.25, 0.3) is 10.1 Å². The van der Waals surface area contributed by atoms with Crippen LogP contribution >= 0.6 is 0 Å². The van der Waals surface area contributed by atoms with Gasteiger partial charge >= 0.3 is 0 Å². The van der Waals surface area contributed by atoms with Gasteiger partial charge in [-0.2, -0.15) is 8.42 Å². The minimum absolute atomic E-state index is 0. The average Bonchev–Trinajstić information content (AvgIpc) is 2.52. The average molecular weight is 644 g/mol. The molecule has 0 spiro atoms. The lowest BCUT2D eigenvalue weighted by molar-refractivity contribution is -1.02. The van der Waals surface area contributed by atoms with Crippen LogP contribution in [0.1, 0.15) is 12.0 Å². The first-order chi connectivity index (χ1) is 12.0. The number of nitrogens with zero attached hydrogens (tertiary/aromatic N) is 2. The van der Waals surface area contributed by atoms with E-state index >= 15 is 0 Å². The van der Waals surface area contributed by atoms with Gasteiger partial charge in [0.15, 0.2) is 11.6 Å². The molecule has 0 unspecified atom stereocenters. The highest BCUT2D eigenvalue weighted by molar-refractivity contribution is 7.85. The quantitative estimate of drug-likeness (QED) is 0.177. The van der Waals surface area contributed by atoms with Crippen LogP contribution in [0.15, 0.2) is 18.2 Å². The minimum Gasteiger partial charge on any atom is -1.00 e. The lowest BCUT2D eigenvalue weighted by Crippen LogP contribution is -3.00. The largest absolute Gasteiger partial charge is 1.00 e. The van der Waals surface area contributed by atoms with Gasteiger partial charge in [0.2, 0.25) is 0 Å². The molecule has 1 aromatic rings. The SMILES string of the molecule is Cc1ccc(OCC[N+]2(C)CC[N+](C)(CCCS(=O)(=O)O)CC2)c(F)c1.[I-].[I-]. The fourth-order valence-electron chi connectivity index (χ4n) is 3.36. The van der Waals surface area contributed by atoms with Crippen LogP contribution in [0, 0.1) is 12.7 Å². The molecule has 28 heavy (non-hydrogen) atoms. The second-order valence-electron chi connectivity index (χ2n) is 8.00. The predicted molar refractivity (Wildman–Crippen MR) is 99.2 cm³/mol. The van der Waals surface area contributed by atoms with Gasteiger partial charge < -0.3 is 61.7 Å². The molecule has 2 rings (SSSR count). The van der Waals surface area contributed by atoms with Gasteiger partial charge in [0, 0.05) is 6.42 Å². The fraction of sp³-hybridized carbons (Fsp3) is 0.667. The van der Waals surface area contributed by atoms with E-state index in [1.54, 1.807) is 6.07 Å². The van der Waals surface area contributed by atoms with Crippen LogP contribution in [-0.4, -0.2) is 87.7 Å². The Bertz CT molecular complexity index is 726. The molecule has 1 aromatic carbocycles. The Morgan fingerprint density at radius 2 is 1.61 bits per heavy atom. The zero-order chi connectivity index (χ0) is 19.4. The molecule has 164 valence electrons. The molecule has 0 bridgehead atoms. The van der Waals surface area contributed by atoms with Gasteiger partial charge in [0.05, 0.1) is 26.4 Å². The number of hydrogen-bond donors (Lipinski definition) is 1. The standard InChI is InChI=1S/C18H30FN2O4S.2HI/c1-16-5-6-18(17(19)15-16)25-13-12-21(3)10-8-20(2,9-11-21)7-4-14-26(22,23)24;;/h5-6,15H,4,7-14H2,1-3H3;2*1H/q+1;;/p-1. The van der Waals surface area contributed by atoms with Crippen LogP contribution in [0.5, 0.6) is 5.75 Å². The molecule has 0 atom stereocenters. The van der Waals surface area contributed by atoms with E-state index in [-0.39, 0.29) is 59.5 Å². The summed E-state index contributed by atoms with van der Waals surface area (Å²) in [5.74, 6) is -0.206. The van der Waals surface area contributed by atoms with Gasteiger partial charge in [-0.1, -0.05) is 6.07 Å². The van der Waals surface area contributed by atoms with E-state index < -0.39 is 10.1 Å². The van der Waals surface area contributed by atoms with E-state index in [1.807, 2.05) is 13.0 Å². The first kappa shape index (κ1) is 28.2. The molecule has 6 nitrogen and oxygen atoms in total. The van der Waals surface area contributed by atoms with Crippen molar-refractivity contribution in [1.29, 1.82) is 0 Å². The number of aryl methyl sites for hydroxylation is 1. The molecule has 0 saturated carbocycles. The van der Waals surface area contributed by atoms with E-state index in [4.69, 9.17) is 9.29 Å². The molecule has 10 heteroatoms. The molecule has 1 aliphatic heterocycles.